The van der Waals surface area contributed by atoms with Crippen molar-refractivity contribution in [1.29, 1.82) is 0 Å². The van der Waals surface area contributed by atoms with E-state index in [1.807, 2.05) is 13.8 Å². The van der Waals surface area contributed by atoms with E-state index in [2.05, 4.69) is 9.97 Å². The third-order valence-corrected chi connectivity index (χ3v) is 2.16. The first-order valence-corrected chi connectivity index (χ1v) is 5.03. The van der Waals surface area contributed by atoms with Crippen LogP contribution in [0.15, 0.2) is 12.3 Å². The molecule has 0 radical (unpaired) electrons. The molecule has 0 aromatic carbocycles. The lowest BCUT2D eigenvalue weighted by Crippen LogP contribution is -2.16. The Bertz CT molecular complexity index is 350. The van der Waals surface area contributed by atoms with Gasteiger partial charge in [-0.1, -0.05) is 13.8 Å². The molecule has 0 saturated carbocycles. The molecule has 0 fully saturated rings. The maximum absolute atomic E-state index is 11.1. The second-order valence-corrected chi connectivity index (χ2v) is 4.05. The number of hydrogen-bond donors (Lipinski definition) is 1. The molecule has 1 unspecified atom stereocenters. The van der Waals surface area contributed by atoms with Gasteiger partial charge in [-0.05, 0) is 25.3 Å². The molecule has 1 heterocycles. The van der Waals surface area contributed by atoms with Crippen LogP contribution in [0.1, 0.15) is 37.7 Å². The smallest absolute Gasteiger partial charge is 0.312 e. The molecule has 4 nitrogen and oxygen atoms in total. The van der Waals surface area contributed by atoms with Gasteiger partial charge in [-0.2, -0.15) is 0 Å². The average molecular weight is 208 g/mol. The minimum absolute atomic E-state index is 0.335. The molecule has 15 heavy (non-hydrogen) atoms. The first-order chi connectivity index (χ1) is 7.00. The van der Waals surface area contributed by atoms with E-state index in [4.69, 9.17) is 5.11 Å². The fourth-order valence-electron chi connectivity index (χ4n) is 1.49. The Kier molecular flexibility index (Phi) is 3.77. The van der Waals surface area contributed by atoms with Gasteiger partial charge in [-0.3, -0.25) is 4.79 Å². The Hall–Kier alpha value is -1.45. The largest absolute Gasteiger partial charge is 0.481 e. The summed E-state index contributed by atoms with van der Waals surface area (Å²) in [4.78, 5) is 19.2. The minimum atomic E-state index is -0.818. The molecule has 0 bridgehead atoms. The van der Waals surface area contributed by atoms with Crippen LogP contribution in [0.4, 0.5) is 0 Å². The lowest BCUT2D eigenvalue weighted by Gasteiger charge is -2.13. The lowest BCUT2D eigenvalue weighted by atomic mass is 9.94. The van der Waals surface area contributed by atoms with E-state index in [0.717, 1.165) is 0 Å². The third kappa shape index (κ3) is 3.31. The van der Waals surface area contributed by atoms with Crippen LogP contribution in [-0.2, 0) is 4.79 Å². The van der Waals surface area contributed by atoms with Crippen LogP contribution in [0, 0.1) is 12.8 Å². The van der Waals surface area contributed by atoms with Crippen LogP contribution in [0.2, 0.25) is 0 Å². The van der Waals surface area contributed by atoms with Crippen molar-refractivity contribution in [2.75, 3.05) is 0 Å². The van der Waals surface area contributed by atoms with Crippen molar-refractivity contribution >= 4 is 5.97 Å². The Labute approximate surface area is 89.4 Å². The van der Waals surface area contributed by atoms with Gasteiger partial charge in [0.1, 0.15) is 5.82 Å². The van der Waals surface area contributed by atoms with E-state index in [9.17, 15) is 4.79 Å². The monoisotopic (exact) mass is 208 g/mol. The molecule has 1 aromatic rings. The van der Waals surface area contributed by atoms with E-state index >= 15 is 0 Å². The van der Waals surface area contributed by atoms with Gasteiger partial charge in [0.25, 0.3) is 0 Å². The van der Waals surface area contributed by atoms with E-state index in [-0.39, 0.29) is 0 Å². The predicted octanol–water partition coefficient (Wildman–Crippen LogP) is 2.00. The summed E-state index contributed by atoms with van der Waals surface area (Å²) < 4.78 is 0. The van der Waals surface area contributed by atoms with Crippen molar-refractivity contribution in [3.8, 4) is 0 Å². The van der Waals surface area contributed by atoms with Gasteiger partial charge in [0.2, 0.25) is 0 Å². The zero-order valence-corrected chi connectivity index (χ0v) is 9.27. The first kappa shape index (κ1) is 11.6. The molecule has 0 saturated heterocycles. The molecule has 0 aliphatic heterocycles. The molecular formula is C11H16N2O2. The average Bonchev–Trinajstić information content (AvgIpc) is 2.13. The Balaban J connectivity index is 2.94. The van der Waals surface area contributed by atoms with Gasteiger partial charge >= 0.3 is 5.97 Å². The lowest BCUT2D eigenvalue weighted by molar-refractivity contribution is -0.139. The highest BCUT2D eigenvalue weighted by Crippen LogP contribution is 2.22. The van der Waals surface area contributed by atoms with Crippen molar-refractivity contribution in [3.05, 3.63) is 23.8 Å². The molecule has 4 heteroatoms. The summed E-state index contributed by atoms with van der Waals surface area (Å²) in [7, 11) is 0. The predicted molar refractivity (Wildman–Crippen MR) is 56.6 cm³/mol. The fourth-order valence-corrected chi connectivity index (χ4v) is 1.49. The number of aromatic nitrogens is 2. The summed E-state index contributed by atoms with van der Waals surface area (Å²) in [5, 5.41) is 9.11. The van der Waals surface area contributed by atoms with Crippen molar-refractivity contribution in [3.63, 3.8) is 0 Å². The fraction of sp³-hybridized carbons (Fsp3) is 0.545. The van der Waals surface area contributed by atoms with Crippen LogP contribution in [-0.4, -0.2) is 21.0 Å². The van der Waals surface area contributed by atoms with Crippen molar-refractivity contribution < 1.29 is 9.90 Å². The van der Waals surface area contributed by atoms with Crippen LogP contribution in [0.25, 0.3) is 0 Å². The molecule has 1 N–H and O–H groups in total. The molecule has 1 atom stereocenters. The first-order valence-electron chi connectivity index (χ1n) is 5.03. The number of aryl methyl sites for hydroxylation is 1. The van der Waals surface area contributed by atoms with E-state index in [1.54, 1.807) is 19.2 Å². The van der Waals surface area contributed by atoms with E-state index in [1.165, 1.54) is 0 Å². The zero-order chi connectivity index (χ0) is 11.4. The normalized spacial score (nSPS) is 12.8. The summed E-state index contributed by atoms with van der Waals surface area (Å²) in [6.45, 7) is 5.77. The van der Waals surface area contributed by atoms with Gasteiger partial charge < -0.3 is 5.11 Å². The number of nitrogens with zero attached hydrogens (tertiary/aromatic N) is 2. The molecule has 0 spiro atoms. The maximum Gasteiger partial charge on any atom is 0.312 e. The maximum atomic E-state index is 11.1. The van der Waals surface area contributed by atoms with Gasteiger partial charge in [-0.25, -0.2) is 9.97 Å². The molecule has 1 rings (SSSR count). The summed E-state index contributed by atoms with van der Waals surface area (Å²) in [6, 6.07) is 1.67. The number of carboxylic acids is 1. The van der Waals surface area contributed by atoms with E-state index in [0.29, 0.717) is 23.9 Å². The molecular weight excluding hydrogens is 192 g/mol. The zero-order valence-electron chi connectivity index (χ0n) is 9.27. The highest BCUT2D eigenvalue weighted by Gasteiger charge is 2.22. The Morgan fingerprint density at radius 1 is 1.53 bits per heavy atom. The number of hydrogen-bond acceptors (Lipinski definition) is 3. The standard InChI is InChI=1S/C11H16N2O2/c1-7(2)6-9(11(14)15)10-4-5-12-8(3)13-10/h4-5,7,9H,6H2,1-3H3,(H,14,15). The SMILES string of the molecule is Cc1nccc(C(CC(C)C)C(=O)O)n1. The van der Waals surface area contributed by atoms with Crippen molar-refractivity contribution in [2.45, 2.75) is 33.1 Å². The summed E-state index contributed by atoms with van der Waals surface area (Å²) >= 11 is 0. The van der Waals surface area contributed by atoms with Crippen LogP contribution in [0.5, 0.6) is 0 Å². The summed E-state index contributed by atoms with van der Waals surface area (Å²) in [6.07, 6.45) is 2.21. The van der Waals surface area contributed by atoms with Crippen LogP contribution < -0.4 is 0 Å². The highest BCUT2D eigenvalue weighted by molar-refractivity contribution is 5.75. The Morgan fingerprint density at radius 2 is 2.20 bits per heavy atom. The quantitative estimate of drug-likeness (QED) is 0.822. The van der Waals surface area contributed by atoms with Gasteiger partial charge in [-0.15, -0.1) is 0 Å². The third-order valence-electron chi connectivity index (χ3n) is 2.16. The number of rotatable bonds is 4. The van der Waals surface area contributed by atoms with Crippen molar-refractivity contribution in [2.24, 2.45) is 5.92 Å². The second kappa shape index (κ2) is 4.87. The highest BCUT2D eigenvalue weighted by atomic mass is 16.4. The molecule has 0 aliphatic carbocycles. The molecule has 1 aromatic heterocycles. The Morgan fingerprint density at radius 3 is 2.67 bits per heavy atom. The van der Waals surface area contributed by atoms with Gasteiger partial charge in [0, 0.05) is 6.20 Å². The second-order valence-electron chi connectivity index (χ2n) is 4.05. The molecule has 82 valence electrons. The number of aliphatic carboxylic acids is 1. The van der Waals surface area contributed by atoms with Crippen LogP contribution in [0.3, 0.4) is 0 Å². The van der Waals surface area contributed by atoms with E-state index < -0.39 is 11.9 Å². The summed E-state index contributed by atoms with van der Waals surface area (Å²) in [5.41, 5.74) is 0.601. The van der Waals surface area contributed by atoms with Crippen molar-refractivity contribution in [1.82, 2.24) is 9.97 Å². The molecule has 0 aliphatic rings. The van der Waals surface area contributed by atoms with Gasteiger partial charge in [0.15, 0.2) is 0 Å². The van der Waals surface area contributed by atoms with Gasteiger partial charge in [0.05, 0.1) is 11.6 Å². The number of carboxylic acid groups (broad SMARTS) is 1. The van der Waals surface area contributed by atoms with Crippen LogP contribution >= 0.6 is 0 Å². The topological polar surface area (TPSA) is 63.1 Å². The number of carbonyl (C=O) groups is 1. The minimum Gasteiger partial charge on any atom is -0.481 e. The summed E-state index contributed by atoms with van der Waals surface area (Å²) in [5.74, 6) is -0.391. The molecule has 0 amide bonds.